The lowest BCUT2D eigenvalue weighted by Crippen LogP contribution is -2.25. The van der Waals surface area contributed by atoms with Gasteiger partial charge in [-0.1, -0.05) is 19.1 Å². The van der Waals surface area contributed by atoms with Crippen LogP contribution in [0, 0.1) is 5.41 Å². The van der Waals surface area contributed by atoms with E-state index in [9.17, 15) is 0 Å². The molecule has 0 aliphatic heterocycles. The van der Waals surface area contributed by atoms with Crippen molar-refractivity contribution in [2.75, 3.05) is 6.54 Å². The maximum absolute atomic E-state index is 5.58. The largest absolute Gasteiger partial charge is 0.330 e. The number of hydrogen-bond donors (Lipinski definition) is 1. The zero-order valence-corrected chi connectivity index (χ0v) is 9.51. The maximum Gasteiger partial charge on any atom is -0.00172 e. The second kappa shape index (κ2) is 6.85. The first-order valence-electron chi connectivity index (χ1n) is 3.60. The van der Waals surface area contributed by atoms with Crippen LogP contribution in [0.4, 0.5) is 0 Å². The Labute approximate surface area is 86.8 Å². The Hall–Kier alpha value is 0.170. The summed E-state index contributed by atoms with van der Waals surface area (Å²) in [5.41, 5.74) is 5.77. The summed E-state index contributed by atoms with van der Waals surface area (Å²) in [6, 6.07) is 0. The van der Waals surface area contributed by atoms with Crippen molar-refractivity contribution in [3.05, 3.63) is 25.3 Å². The molecule has 0 aromatic carbocycles. The molecule has 0 aromatic rings. The quantitative estimate of drug-likeness (QED) is 0.601. The summed E-state index contributed by atoms with van der Waals surface area (Å²) in [6.07, 6.45) is 5.76. The van der Waals surface area contributed by atoms with Gasteiger partial charge in [-0.2, -0.15) is 0 Å². The van der Waals surface area contributed by atoms with E-state index in [1.807, 2.05) is 12.2 Å². The van der Waals surface area contributed by atoms with E-state index in [0.717, 1.165) is 12.8 Å². The van der Waals surface area contributed by atoms with Crippen molar-refractivity contribution in [2.45, 2.75) is 19.8 Å². The smallest absolute Gasteiger partial charge is 0.00172 e. The molecule has 1 nitrogen and oxygen atoms in total. The molecule has 0 aliphatic carbocycles. The van der Waals surface area contributed by atoms with Gasteiger partial charge >= 0.3 is 0 Å². The van der Waals surface area contributed by atoms with Gasteiger partial charge in [-0.15, -0.1) is 37.1 Å². The van der Waals surface area contributed by atoms with E-state index in [2.05, 4.69) is 20.1 Å². The first-order chi connectivity index (χ1) is 4.68. The predicted molar refractivity (Wildman–Crippen MR) is 62.2 cm³/mol. The van der Waals surface area contributed by atoms with Crippen LogP contribution in [0.5, 0.6) is 0 Å². The third-order valence-corrected chi connectivity index (χ3v) is 1.77. The van der Waals surface area contributed by atoms with Gasteiger partial charge in [0.05, 0.1) is 0 Å². The van der Waals surface area contributed by atoms with E-state index in [1.54, 1.807) is 0 Å². The lowest BCUT2D eigenvalue weighted by molar-refractivity contribution is 0.346. The first kappa shape index (κ1) is 13.7. The van der Waals surface area contributed by atoms with Crippen molar-refractivity contribution < 1.29 is 0 Å². The average Bonchev–Trinajstić information content (AvgIpc) is 1.89. The number of hydrogen-bond acceptors (Lipinski definition) is 1. The second-order valence-electron chi connectivity index (χ2n) is 3.00. The minimum atomic E-state index is 0. The molecule has 0 unspecified atom stereocenters. The average molecular weight is 267 g/mol. The lowest BCUT2D eigenvalue weighted by Gasteiger charge is -2.24. The minimum Gasteiger partial charge on any atom is -0.330 e. The highest BCUT2D eigenvalue weighted by Gasteiger charge is 2.17. The third kappa shape index (κ3) is 5.44. The van der Waals surface area contributed by atoms with Gasteiger partial charge in [0.1, 0.15) is 0 Å². The van der Waals surface area contributed by atoms with Gasteiger partial charge in [0.25, 0.3) is 0 Å². The van der Waals surface area contributed by atoms with Crippen molar-refractivity contribution in [1.82, 2.24) is 0 Å². The fourth-order valence-electron chi connectivity index (χ4n) is 0.947. The number of allylic oxidation sites excluding steroid dienone is 2. The van der Waals surface area contributed by atoms with Crippen LogP contribution < -0.4 is 5.73 Å². The fraction of sp³-hybridized carbons (Fsp3) is 0.556. The van der Waals surface area contributed by atoms with Crippen molar-refractivity contribution in [3.8, 4) is 0 Å². The van der Waals surface area contributed by atoms with Crippen molar-refractivity contribution in [1.29, 1.82) is 0 Å². The van der Waals surface area contributed by atoms with Crippen LogP contribution >= 0.6 is 24.0 Å². The fourth-order valence-corrected chi connectivity index (χ4v) is 0.947. The van der Waals surface area contributed by atoms with Gasteiger partial charge in [-0.3, -0.25) is 0 Å². The highest BCUT2D eigenvalue weighted by molar-refractivity contribution is 14.0. The predicted octanol–water partition coefficient (Wildman–Crippen LogP) is 2.72. The van der Waals surface area contributed by atoms with E-state index in [1.165, 1.54) is 0 Å². The Morgan fingerprint density at radius 3 is 1.82 bits per heavy atom. The third-order valence-electron chi connectivity index (χ3n) is 1.77. The summed E-state index contributed by atoms with van der Waals surface area (Å²) in [5, 5.41) is 0. The van der Waals surface area contributed by atoms with E-state index < -0.39 is 0 Å². The minimum absolute atomic E-state index is 0. The monoisotopic (exact) mass is 267 g/mol. The van der Waals surface area contributed by atoms with Crippen molar-refractivity contribution in [2.24, 2.45) is 11.1 Å². The molecule has 0 aliphatic rings. The summed E-state index contributed by atoms with van der Waals surface area (Å²) in [4.78, 5) is 0. The number of nitrogens with two attached hydrogens (primary N) is 1. The van der Waals surface area contributed by atoms with Gasteiger partial charge in [0.2, 0.25) is 0 Å². The summed E-state index contributed by atoms with van der Waals surface area (Å²) in [7, 11) is 0. The van der Waals surface area contributed by atoms with E-state index in [0.29, 0.717) is 6.54 Å². The molecule has 0 aromatic heterocycles. The molecule has 0 fully saturated rings. The van der Waals surface area contributed by atoms with Gasteiger partial charge in [-0.25, -0.2) is 0 Å². The zero-order chi connectivity index (χ0) is 8.04. The highest BCUT2D eigenvalue weighted by Crippen LogP contribution is 2.24. The first-order valence-corrected chi connectivity index (χ1v) is 3.60. The Morgan fingerprint density at radius 2 is 1.64 bits per heavy atom. The molecular formula is C9H18IN. The summed E-state index contributed by atoms with van der Waals surface area (Å²) < 4.78 is 0. The van der Waals surface area contributed by atoms with Crippen LogP contribution in [0.3, 0.4) is 0 Å². The van der Waals surface area contributed by atoms with E-state index in [4.69, 9.17) is 5.73 Å². The molecule has 66 valence electrons. The molecular weight excluding hydrogens is 249 g/mol. The van der Waals surface area contributed by atoms with Crippen LogP contribution in [0.1, 0.15) is 19.8 Å². The van der Waals surface area contributed by atoms with Crippen LogP contribution in [0.15, 0.2) is 25.3 Å². The molecule has 0 saturated heterocycles. The molecule has 0 spiro atoms. The molecule has 11 heavy (non-hydrogen) atoms. The molecule has 2 heteroatoms. The SMILES string of the molecule is C=CCC(C)(CN)CC=C.I. The molecule has 0 saturated carbocycles. The van der Waals surface area contributed by atoms with E-state index >= 15 is 0 Å². The molecule has 2 N–H and O–H groups in total. The number of halogens is 1. The van der Waals surface area contributed by atoms with Crippen LogP contribution in [-0.2, 0) is 0 Å². The Bertz CT molecular complexity index is 111. The van der Waals surface area contributed by atoms with Gasteiger partial charge in [0, 0.05) is 0 Å². The van der Waals surface area contributed by atoms with E-state index in [-0.39, 0.29) is 29.4 Å². The Kier molecular flexibility index (Phi) is 8.56. The molecule has 0 atom stereocenters. The highest BCUT2D eigenvalue weighted by atomic mass is 127. The van der Waals surface area contributed by atoms with Gasteiger partial charge < -0.3 is 5.73 Å². The Balaban J connectivity index is 0. The topological polar surface area (TPSA) is 26.0 Å². The van der Waals surface area contributed by atoms with Crippen LogP contribution in [-0.4, -0.2) is 6.54 Å². The molecule has 0 radical (unpaired) electrons. The van der Waals surface area contributed by atoms with Crippen LogP contribution in [0.25, 0.3) is 0 Å². The zero-order valence-electron chi connectivity index (χ0n) is 7.18. The second-order valence-corrected chi connectivity index (χ2v) is 3.00. The summed E-state index contributed by atoms with van der Waals surface area (Å²) in [5.74, 6) is 0. The molecule has 0 rings (SSSR count). The molecule has 0 heterocycles. The van der Waals surface area contributed by atoms with Gasteiger partial charge in [-0.05, 0) is 24.8 Å². The van der Waals surface area contributed by atoms with Gasteiger partial charge in [0.15, 0.2) is 0 Å². The number of rotatable bonds is 5. The molecule has 0 amide bonds. The lowest BCUT2D eigenvalue weighted by atomic mass is 9.84. The molecule has 0 bridgehead atoms. The van der Waals surface area contributed by atoms with Crippen LogP contribution in [0.2, 0.25) is 0 Å². The standard InChI is InChI=1S/C9H17N.HI/c1-4-6-9(3,8-10)7-5-2;/h4-5H,1-2,6-8,10H2,3H3;1H. The Morgan fingerprint density at radius 1 is 1.27 bits per heavy atom. The van der Waals surface area contributed by atoms with Crippen molar-refractivity contribution >= 4 is 24.0 Å². The summed E-state index contributed by atoms with van der Waals surface area (Å²) in [6.45, 7) is 10.2. The summed E-state index contributed by atoms with van der Waals surface area (Å²) >= 11 is 0. The maximum atomic E-state index is 5.58. The normalized spacial score (nSPS) is 10.0. The van der Waals surface area contributed by atoms with Crippen molar-refractivity contribution in [3.63, 3.8) is 0 Å².